The van der Waals surface area contributed by atoms with Crippen LogP contribution in [0.3, 0.4) is 0 Å². The Kier molecular flexibility index (Phi) is 4.84. The van der Waals surface area contributed by atoms with Crippen LogP contribution in [-0.2, 0) is 6.42 Å². The second-order valence-electron chi connectivity index (χ2n) is 5.80. The molecule has 1 heterocycles. The Morgan fingerprint density at radius 3 is 2.48 bits per heavy atom. The number of amides is 1. The number of carbonyl (C=O) groups is 2. The third-order valence-electron chi connectivity index (χ3n) is 4.15. The second kappa shape index (κ2) is 7.21. The van der Waals surface area contributed by atoms with Crippen molar-refractivity contribution in [2.24, 2.45) is 0 Å². The first-order valence-corrected chi connectivity index (χ1v) is 8.12. The molecule has 5 heteroatoms. The molecule has 25 heavy (non-hydrogen) atoms. The molecule has 1 aromatic heterocycles. The maximum atomic E-state index is 12.5. The van der Waals surface area contributed by atoms with Gasteiger partial charge in [0.1, 0.15) is 5.75 Å². The number of nitrogens with one attached hydrogen (secondary N) is 1. The molecule has 0 aliphatic carbocycles. The van der Waals surface area contributed by atoms with Gasteiger partial charge in [-0.1, -0.05) is 30.3 Å². The van der Waals surface area contributed by atoms with Crippen molar-refractivity contribution in [3.8, 4) is 5.75 Å². The Morgan fingerprint density at radius 1 is 1.08 bits per heavy atom. The van der Waals surface area contributed by atoms with Crippen LogP contribution in [0.1, 0.15) is 27.6 Å². The molecule has 1 amide bonds. The van der Waals surface area contributed by atoms with Crippen molar-refractivity contribution < 1.29 is 14.3 Å². The van der Waals surface area contributed by atoms with E-state index in [0.29, 0.717) is 12.1 Å². The average molecular weight is 336 g/mol. The highest BCUT2D eigenvalue weighted by Crippen LogP contribution is 2.21. The Hall–Kier alpha value is -3.08. The first-order chi connectivity index (χ1) is 12.1. The summed E-state index contributed by atoms with van der Waals surface area (Å²) >= 11 is 0. The highest BCUT2D eigenvalue weighted by atomic mass is 16.5. The predicted octanol–water partition coefficient (Wildman–Crippen LogP) is 3.28. The summed E-state index contributed by atoms with van der Waals surface area (Å²) in [6, 6.07) is 15.2. The summed E-state index contributed by atoms with van der Waals surface area (Å²) in [5.41, 5.74) is 2.38. The van der Waals surface area contributed by atoms with E-state index in [1.807, 2.05) is 48.5 Å². The van der Waals surface area contributed by atoms with Gasteiger partial charge in [-0.15, -0.1) is 0 Å². The molecule has 3 rings (SSSR count). The van der Waals surface area contributed by atoms with Crippen LogP contribution in [0.25, 0.3) is 10.9 Å². The maximum absolute atomic E-state index is 12.5. The summed E-state index contributed by atoms with van der Waals surface area (Å²) in [4.78, 5) is 24.3. The van der Waals surface area contributed by atoms with Crippen LogP contribution in [0.15, 0.2) is 54.7 Å². The fourth-order valence-electron chi connectivity index (χ4n) is 2.83. The number of fused-ring (bicyclic) bond motifs is 1. The van der Waals surface area contributed by atoms with Crippen LogP contribution in [0, 0.1) is 0 Å². The molecule has 128 valence electrons. The van der Waals surface area contributed by atoms with Gasteiger partial charge in [0.05, 0.1) is 18.2 Å². The van der Waals surface area contributed by atoms with E-state index >= 15 is 0 Å². The van der Waals surface area contributed by atoms with Gasteiger partial charge >= 0.3 is 0 Å². The van der Waals surface area contributed by atoms with Crippen LogP contribution < -0.4 is 10.1 Å². The number of para-hydroxylation sites is 1. The van der Waals surface area contributed by atoms with Crippen LogP contribution in [-0.4, -0.2) is 30.0 Å². The molecule has 0 aliphatic rings. The molecule has 5 nitrogen and oxygen atoms in total. The third kappa shape index (κ3) is 3.55. The third-order valence-corrected chi connectivity index (χ3v) is 4.15. The molecule has 0 unspecified atom stereocenters. The topological polar surface area (TPSA) is 60.3 Å². The number of ether oxygens (including phenoxy) is 1. The van der Waals surface area contributed by atoms with Gasteiger partial charge in [-0.3, -0.25) is 14.2 Å². The van der Waals surface area contributed by atoms with E-state index in [9.17, 15) is 9.59 Å². The van der Waals surface area contributed by atoms with Gasteiger partial charge in [0.15, 0.2) is 0 Å². The number of rotatable bonds is 5. The fraction of sp³-hybridized carbons (Fsp3) is 0.200. The molecule has 0 atom stereocenters. The number of benzene rings is 2. The molecule has 3 aromatic rings. The van der Waals surface area contributed by atoms with Gasteiger partial charge in [-0.25, -0.2) is 0 Å². The van der Waals surface area contributed by atoms with Crippen LogP contribution in [0.4, 0.5) is 0 Å². The molecular weight excluding hydrogens is 316 g/mol. The fourth-order valence-corrected chi connectivity index (χ4v) is 2.83. The minimum atomic E-state index is -0.176. The number of hydrogen-bond acceptors (Lipinski definition) is 3. The van der Waals surface area contributed by atoms with Gasteiger partial charge in [0, 0.05) is 25.1 Å². The van der Waals surface area contributed by atoms with Gasteiger partial charge in [0.2, 0.25) is 5.91 Å². The Bertz CT molecular complexity index is 910. The van der Waals surface area contributed by atoms with E-state index in [1.165, 1.54) is 11.5 Å². The first kappa shape index (κ1) is 16.8. The molecule has 0 fully saturated rings. The molecule has 0 spiro atoms. The Balaban J connectivity index is 1.71. The zero-order chi connectivity index (χ0) is 17.8. The zero-order valence-corrected chi connectivity index (χ0v) is 14.3. The smallest absolute Gasteiger partial charge is 0.253 e. The highest BCUT2D eigenvalue weighted by molar-refractivity contribution is 6.09. The summed E-state index contributed by atoms with van der Waals surface area (Å²) in [6.45, 7) is 2.00. The SMILES string of the molecule is COc1ccc(CCNC(=O)c2cn(C(C)=O)c3ccccc23)cc1. The number of nitrogens with zero attached hydrogens (tertiary/aromatic N) is 1. The van der Waals surface area contributed by atoms with Crippen molar-refractivity contribution in [3.05, 3.63) is 65.9 Å². The summed E-state index contributed by atoms with van der Waals surface area (Å²) in [5, 5.41) is 3.70. The monoisotopic (exact) mass is 336 g/mol. The number of methoxy groups -OCH3 is 1. The van der Waals surface area contributed by atoms with E-state index < -0.39 is 0 Å². The van der Waals surface area contributed by atoms with E-state index in [4.69, 9.17) is 4.74 Å². The second-order valence-corrected chi connectivity index (χ2v) is 5.80. The van der Waals surface area contributed by atoms with Crippen molar-refractivity contribution in [2.45, 2.75) is 13.3 Å². The van der Waals surface area contributed by atoms with Crippen LogP contribution in [0.5, 0.6) is 5.75 Å². The quantitative estimate of drug-likeness (QED) is 0.778. The standard InChI is InChI=1S/C20H20N2O3/c1-14(23)22-13-18(17-5-3-4-6-19(17)22)20(24)21-12-11-15-7-9-16(25-2)10-8-15/h3-10,13H,11-12H2,1-2H3,(H,21,24). The number of hydrogen-bond donors (Lipinski definition) is 1. The van der Waals surface area contributed by atoms with E-state index in [2.05, 4.69) is 5.32 Å². The van der Waals surface area contributed by atoms with Crippen LogP contribution >= 0.6 is 0 Å². The van der Waals surface area contributed by atoms with Gasteiger partial charge < -0.3 is 10.1 Å². The number of aromatic nitrogens is 1. The number of carbonyl (C=O) groups excluding carboxylic acids is 2. The van der Waals surface area contributed by atoms with Crippen molar-refractivity contribution in [1.29, 1.82) is 0 Å². The molecule has 0 saturated carbocycles. The summed E-state index contributed by atoms with van der Waals surface area (Å²) in [6.07, 6.45) is 2.33. The molecule has 0 bridgehead atoms. The van der Waals surface area contributed by atoms with Gasteiger partial charge in [0.25, 0.3) is 5.91 Å². The predicted molar refractivity (Wildman–Crippen MR) is 97.3 cm³/mol. The van der Waals surface area contributed by atoms with E-state index in [0.717, 1.165) is 28.6 Å². The molecule has 2 aromatic carbocycles. The van der Waals surface area contributed by atoms with Crippen molar-refractivity contribution in [2.75, 3.05) is 13.7 Å². The normalized spacial score (nSPS) is 10.6. The largest absolute Gasteiger partial charge is 0.497 e. The van der Waals surface area contributed by atoms with Gasteiger partial charge in [-0.2, -0.15) is 0 Å². The Labute approximate surface area is 146 Å². The minimum Gasteiger partial charge on any atom is -0.497 e. The molecule has 1 N–H and O–H groups in total. The minimum absolute atomic E-state index is 0.117. The van der Waals surface area contributed by atoms with Gasteiger partial charge in [-0.05, 0) is 30.2 Å². The molecule has 0 saturated heterocycles. The maximum Gasteiger partial charge on any atom is 0.253 e. The Morgan fingerprint density at radius 2 is 1.80 bits per heavy atom. The van der Waals surface area contributed by atoms with Crippen LogP contribution in [0.2, 0.25) is 0 Å². The lowest BCUT2D eigenvalue weighted by Crippen LogP contribution is -2.25. The van der Waals surface area contributed by atoms with Crippen molar-refractivity contribution in [3.63, 3.8) is 0 Å². The first-order valence-electron chi connectivity index (χ1n) is 8.12. The van der Waals surface area contributed by atoms with Crippen molar-refractivity contribution in [1.82, 2.24) is 9.88 Å². The summed E-state index contributed by atoms with van der Waals surface area (Å²) < 4.78 is 6.64. The zero-order valence-electron chi connectivity index (χ0n) is 14.3. The average Bonchev–Trinajstić information content (AvgIpc) is 3.02. The molecule has 0 radical (unpaired) electrons. The highest BCUT2D eigenvalue weighted by Gasteiger charge is 2.16. The summed E-state index contributed by atoms with van der Waals surface area (Å²) in [7, 11) is 1.63. The lowest BCUT2D eigenvalue weighted by atomic mass is 10.1. The van der Waals surface area contributed by atoms with Crippen molar-refractivity contribution >= 4 is 22.7 Å². The lowest BCUT2D eigenvalue weighted by molar-refractivity contribution is 0.0941. The molecular formula is C20H20N2O3. The summed E-state index contributed by atoms with van der Waals surface area (Å²) in [5.74, 6) is 0.517. The van der Waals surface area contributed by atoms with E-state index in [1.54, 1.807) is 13.3 Å². The molecule has 0 aliphatic heterocycles. The lowest BCUT2D eigenvalue weighted by Gasteiger charge is -2.06. The van der Waals surface area contributed by atoms with E-state index in [-0.39, 0.29) is 11.8 Å².